The molecular formula is C18H23N3O4. The number of nitrogens with one attached hydrogen (secondary N) is 3. The molecule has 2 rings (SSSR count). The van der Waals surface area contributed by atoms with Crippen molar-refractivity contribution in [3.63, 3.8) is 0 Å². The van der Waals surface area contributed by atoms with Gasteiger partial charge in [0, 0.05) is 12.5 Å². The normalized spacial score (nSPS) is 19.4. The molecule has 7 heteroatoms. The van der Waals surface area contributed by atoms with Gasteiger partial charge in [-0.05, 0) is 12.5 Å². The minimum atomic E-state index is -0.767. The van der Waals surface area contributed by atoms with Gasteiger partial charge in [0.25, 0.3) is 0 Å². The standard InChI is InChI=1S/C18H23N3O4/c1-3-9-25-15(22)11-19-17(23)14(10-13-7-5-4-6-8-13)21-18(24)16-12(2)20-16/h3-8,12,14,16,20H,1,9-11H2,2H3,(H,19,23)(H,21,24)/t12-,14-,16-/m0/s1. The summed E-state index contributed by atoms with van der Waals surface area (Å²) in [5.41, 5.74) is 0.911. The van der Waals surface area contributed by atoms with Crippen LogP contribution in [-0.4, -0.2) is 49.1 Å². The molecule has 0 spiro atoms. The van der Waals surface area contributed by atoms with Gasteiger partial charge in [-0.15, -0.1) is 0 Å². The van der Waals surface area contributed by atoms with Crippen LogP contribution in [0.25, 0.3) is 0 Å². The molecule has 134 valence electrons. The second-order valence-electron chi connectivity index (χ2n) is 5.87. The van der Waals surface area contributed by atoms with Crippen molar-refractivity contribution < 1.29 is 19.1 Å². The quantitative estimate of drug-likeness (QED) is 0.330. The minimum Gasteiger partial charge on any atom is -0.460 e. The molecule has 0 unspecified atom stereocenters. The van der Waals surface area contributed by atoms with Crippen molar-refractivity contribution >= 4 is 17.8 Å². The van der Waals surface area contributed by atoms with Crippen LogP contribution in [0.1, 0.15) is 12.5 Å². The largest absolute Gasteiger partial charge is 0.460 e. The van der Waals surface area contributed by atoms with Crippen molar-refractivity contribution in [3.05, 3.63) is 48.6 Å². The summed E-state index contributed by atoms with van der Waals surface area (Å²) in [5, 5.41) is 8.23. The smallest absolute Gasteiger partial charge is 0.325 e. The Kier molecular flexibility index (Phi) is 6.71. The van der Waals surface area contributed by atoms with E-state index in [1.54, 1.807) is 0 Å². The van der Waals surface area contributed by atoms with E-state index in [1.165, 1.54) is 6.08 Å². The summed E-state index contributed by atoms with van der Waals surface area (Å²) in [5.74, 6) is -1.21. The average molecular weight is 345 g/mol. The van der Waals surface area contributed by atoms with E-state index in [2.05, 4.69) is 22.5 Å². The number of amides is 2. The molecular weight excluding hydrogens is 322 g/mol. The molecule has 0 radical (unpaired) electrons. The summed E-state index contributed by atoms with van der Waals surface area (Å²) in [6.07, 6.45) is 1.78. The van der Waals surface area contributed by atoms with Crippen LogP contribution in [0.2, 0.25) is 0 Å². The van der Waals surface area contributed by atoms with E-state index in [1.807, 2.05) is 37.3 Å². The van der Waals surface area contributed by atoms with Crippen LogP contribution in [-0.2, 0) is 25.5 Å². The Hall–Kier alpha value is -2.67. The van der Waals surface area contributed by atoms with E-state index in [9.17, 15) is 14.4 Å². The highest BCUT2D eigenvalue weighted by Gasteiger charge is 2.39. The van der Waals surface area contributed by atoms with Crippen LogP contribution in [0, 0.1) is 0 Å². The van der Waals surface area contributed by atoms with Gasteiger partial charge in [-0.2, -0.15) is 0 Å². The Morgan fingerprint density at radius 2 is 2.00 bits per heavy atom. The predicted molar refractivity (Wildman–Crippen MR) is 92.6 cm³/mol. The highest BCUT2D eigenvalue weighted by molar-refractivity contribution is 5.92. The first-order valence-electron chi connectivity index (χ1n) is 8.16. The average Bonchev–Trinajstić information content (AvgIpc) is 3.35. The van der Waals surface area contributed by atoms with E-state index in [4.69, 9.17) is 4.74 Å². The van der Waals surface area contributed by atoms with Gasteiger partial charge in [-0.1, -0.05) is 43.0 Å². The fourth-order valence-electron chi connectivity index (χ4n) is 2.34. The summed E-state index contributed by atoms with van der Waals surface area (Å²) in [6.45, 7) is 5.17. The molecule has 1 saturated heterocycles. The highest BCUT2D eigenvalue weighted by atomic mass is 16.5. The van der Waals surface area contributed by atoms with Crippen LogP contribution < -0.4 is 16.0 Å². The van der Waals surface area contributed by atoms with Gasteiger partial charge >= 0.3 is 5.97 Å². The number of benzene rings is 1. The lowest BCUT2D eigenvalue weighted by atomic mass is 10.0. The number of hydrogen-bond donors (Lipinski definition) is 3. The third-order valence-corrected chi connectivity index (χ3v) is 3.80. The van der Waals surface area contributed by atoms with Gasteiger partial charge in [0.1, 0.15) is 25.2 Å². The molecule has 3 atom stereocenters. The minimum absolute atomic E-state index is 0.0874. The molecule has 0 saturated carbocycles. The number of hydrogen-bond acceptors (Lipinski definition) is 5. The highest BCUT2D eigenvalue weighted by Crippen LogP contribution is 2.10. The van der Waals surface area contributed by atoms with Gasteiger partial charge in [-0.25, -0.2) is 0 Å². The topological polar surface area (TPSA) is 106 Å². The van der Waals surface area contributed by atoms with E-state index in [0.717, 1.165) is 5.56 Å². The molecule has 1 aromatic carbocycles. The molecule has 1 aliphatic rings. The molecule has 0 aliphatic carbocycles. The van der Waals surface area contributed by atoms with Gasteiger partial charge in [0.2, 0.25) is 11.8 Å². The zero-order chi connectivity index (χ0) is 18.2. The first-order valence-corrected chi connectivity index (χ1v) is 8.16. The van der Waals surface area contributed by atoms with Crippen LogP contribution in [0.4, 0.5) is 0 Å². The fraction of sp³-hybridized carbons (Fsp3) is 0.389. The molecule has 1 aromatic rings. The number of ether oxygens (including phenoxy) is 1. The molecule has 2 amide bonds. The van der Waals surface area contributed by atoms with E-state index in [-0.39, 0.29) is 31.1 Å². The molecule has 0 aromatic heterocycles. The maximum atomic E-state index is 12.4. The zero-order valence-corrected chi connectivity index (χ0v) is 14.2. The lowest BCUT2D eigenvalue weighted by molar-refractivity contribution is -0.143. The summed E-state index contributed by atoms with van der Waals surface area (Å²) in [7, 11) is 0. The number of carbonyl (C=O) groups is 3. The maximum Gasteiger partial charge on any atom is 0.325 e. The molecule has 25 heavy (non-hydrogen) atoms. The Bertz CT molecular complexity index is 632. The van der Waals surface area contributed by atoms with E-state index in [0.29, 0.717) is 6.42 Å². The second kappa shape index (κ2) is 8.98. The van der Waals surface area contributed by atoms with Crippen LogP contribution in [0.15, 0.2) is 43.0 Å². The predicted octanol–water partition coefficient (Wildman–Crippen LogP) is -0.0804. The lowest BCUT2D eigenvalue weighted by Gasteiger charge is -2.18. The molecule has 1 heterocycles. The molecule has 0 bridgehead atoms. The Morgan fingerprint density at radius 1 is 1.32 bits per heavy atom. The van der Waals surface area contributed by atoms with Gasteiger partial charge < -0.3 is 15.4 Å². The molecule has 7 nitrogen and oxygen atoms in total. The third-order valence-electron chi connectivity index (χ3n) is 3.80. The lowest BCUT2D eigenvalue weighted by Crippen LogP contribution is -2.50. The van der Waals surface area contributed by atoms with E-state index >= 15 is 0 Å². The number of rotatable bonds is 9. The van der Waals surface area contributed by atoms with Gasteiger partial charge in [0.15, 0.2) is 0 Å². The van der Waals surface area contributed by atoms with Crippen molar-refractivity contribution in [2.45, 2.75) is 31.5 Å². The first-order chi connectivity index (χ1) is 12.0. The van der Waals surface area contributed by atoms with Crippen molar-refractivity contribution in [3.8, 4) is 0 Å². The summed E-state index contributed by atoms with van der Waals surface area (Å²) in [4.78, 5) is 36.0. The molecule has 1 fully saturated rings. The number of carbonyl (C=O) groups excluding carboxylic acids is 3. The third kappa shape index (κ3) is 6.04. The SMILES string of the molecule is C=CCOC(=O)CNC(=O)[C@H](Cc1ccccc1)NC(=O)[C@H]1N[C@H]1C. The maximum absolute atomic E-state index is 12.4. The van der Waals surface area contributed by atoms with Crippen molar-refractivity contribution in [2.75, 3.05) is 13.2 Å². The van der Waals surface area contributed by atoms with Gasteiger partial charge in [-0.3, -0.25) is 19.7 Å². The van der Waals surface area contributed by atoms with Gasteiger partial charge in [0.05, 0.1) is 0 Å². The second-order valence-corrected chi connectivity index (χ2v) is 5.87. The monoisotopic (exact) mass is 345 g/mol. The summed E-state index contributed by atoms with van der Waals surface area (Å²) >= 11 is 0. The molecule has 3 N–H and O–H groups in total. The number of esters is 1. The van der Waals surface area contributed by atoms with Crippen LogP contribution >= 0.6 is 0 Å². The molecule has 1 aliphatic heterocycles. The Balaban J connectivity index is 1.94. The Labute approximate surface area is 146 Å². The first kappa shape index (κ1) is 18.7. The van der Waals surface area contributed by atoms with Crippen molar-refractivity contribution in [1.29, 1.82) is 0 Å². The summed E-state index contributed by atoms with van der Waals surface area (Å²) in [6, 6.07) is 8.43. The van der Waals surface area contributed by atoms with Crippen LogP contribution in [0.5, 0.6) is 0 Å². The Morgan fingerprint density at radius 3 is 2.60 bits per heavy atom. The summed E-state index contributed by atoms with van der Waals surface area (Å²) < 4.78 is 4.81. The van der Waals surface area contributed by atoms with Crippen LogP contribution in [0.3, 0.4) is 0 Å². The van der Waals surface area contributed by atoms with Crippen molar-refractivity contribution in [2.24, 2.45) is 0 Å². The fourth-order valence-corrected chi connectivity index (χ4v) is 2.34. The van der Waals surface area contributed by atoms with Crippen molar-refractivity contribution in [1.82, 2.24) is 16.0 Å². The van der Waals surface area contributed by atoms with E-state index < -0.39 is 17.9 Å². The zero-order valence-electron chi connectivity index (χ0n) is 14.2.